The number of fused-ring (bicyclic) bond motifs is 1. The van der Waals surface area contributed by atoms with Crippen LogP contribution < -0.4 is 10.1 Å². The summed E-state index contributed by atoms with van der Waals surface area (Å²) in [5, 5.41) is 9.56. The lowest BCUT2D eigenvalue weighted by atomic mass is 10.0. The second-order valence-corrected chi connectivity index (χ2v) is 8.49. The van der Waals surface area contributed by atoms with Crippen molar-refractivity contribution in [1.82, 2.24) is 30.1 Å². The first-order chi connectivity index (χ1) is 16.8. The molecule has 0 bridgehead atoms. The monoisotopic (exact) mass is 493 g/mol. The summed E-state index contributed by atoms with van der Waals surface area (Å²) in [5.41, 5.74) is 1.13. The molecule has 8 nitrogen and oxygen atoms in total. The number of anilines is 2. The van der Waals surface area contributed by atoms with Gasteiger partial charge in [0.25, 0.3) is 0 Å². The van der Waals surface area contributed by atoms with Crippen molar-refractivity contribution in [3.63, 3.8) is 0 Å². The maximum atomic E-state index is 14.7. The Labute approximate surface area is 203 Å². The van der Waals surface area contributed by atoms with E-state index < -0.39 is 22.3 Å². The SMILES string of the molecule is CC(C)(Oc1cc(-c2cn[nH]c2)cc2ncnc(Nc3ccc(F)c(Cl)c3F)c12)c1ncccn1. The predicted molar refractivity (Wildman–Crippen MR) is 127 cm³/mol. The number of ether oxygens (including phenoxy) is 1. The number of aromatic amines is 1. The van der Waals surface area contributed by atoms with Gasteiger partial charge in [0.1, 0.15) is 28.7 Å². The van der Waals surface area contributed by atoms with Crippen molar-refractivity contribution in [3.05, 3.63) is 83.9 Å². The third-order valence-electron chi connectivity index (χ3n) is 5.29. The summed E-state index contributed by atoms with van der Waals surface area (Å²) in [6.07, 6.45) is 8.01. The standard InChI is InChI=1S/C24H18ClF2N7O/c1-24(2,23-28-6-3-7-29-23)35-18-9-13(14-10-32-33-11-14)8-17-19(18)22(31-12-30-17)34-16-5-4-15(26)20(25)21(16)27/h3-12H,1-2H3,(H,32,33)(H,30,31,34). The van der Waals surface area contributed by atoms with Crippen LogP contribution in [0.3, 0.4) is 0 Å². The van der Waals surface area contributed by atoms with Crippen LogP contribution >= 0.6 is 11.6 Å². The highest BCUT2D eigenvalue weighted by atomic mass is 35.5. The van der Waals surface area contributed by atoms with Gasteiger partial charge in [-0.2, -0.15) is 5.10 Å². The fourth-order valence-electron chi connectivity index (χ4n) is 3.59. The molecule has 0 aliphatic rings. The van der Waals surface area contributed by atoms with Crippen LogP contribution in [0.15, 0.2) is 61.4 Å². The summed E-state index contributed by atoms with van der Waals surface area (Å²) >= 11 is 5.76. The number of halogens is 3. The van der Waals surface area contributed by atoms with E-state index in [4.69, 9.17) is 16.3 Å². The summed E-state index contributed by atoms with van der Waals surface area (Å²) in [6, 6.07) is 7.67. The Kier molecular flexibility index (Phi) is 5.73. The Morgan fingerprint density at radius 2 is 1.83 bits per heavy atom. The van der Waals surface area contributed by atoms with E-state index in [9.17, 15) is 8.78 Å². The van der Waals surface area contributed by atoms with E-state index >= 15 is 0 Å². The molecule has 0 unspecified atom stereocenters. The molecule has 0 fully saturated rings. The molecule has 0 saturated heterocycles. The van der Waals surface area contributed by atoms with Crippen LogP contribution in [0.5, 0.6) is 5.75 Å². The van der Waals surface area contributed by atoms with E-state index in [0.29, 0.717) is 22.5 Å². The molecule has 0 spiro atoms. The molecule has 2 N–H and O–H groups in total. The minimum absolute atomic E-state index is 0.0492. The average Bonchev–Trinajstić information content (AvgIpc) is 3.40. The van der Waals surface area contributed by atoms with E-state index in [1.165, 1.54) is 12.4 Å². The van der Waals surface area contributed by atoms with E-state index in [-0.39, 0.29) is 11.5 Å². The topological polar surface area (TPSA) is 102 Å². The second kappa shape index (κ2) is 8.88. The summed E-state index contributed by atoms with van der Waals surface area (Å²) in [6.45, 7) is 3.66. The molecule has 35 heavy (non-hydrogen) atoms. The Morgan fingerprint density at radius 3 is 2.57 bits per heavy atom. The van der Waals surface area contributed by atoms with Gasteiger partial charge in [0, 0.05) is 24.2 Å². The molecular weight excluding hydrogens is 476 g/mol. The largest absolute Gasteiger partial charge is 0.479 e. The van der Waals surface area contributed by atoms with Gasteiger partial charge in [0.15, 0.2) is 17.2 Å². The molecule has 2 aromatic carbocycles. The van der Waals surface area contributed by atoms with Gasteiger partial charge in [-0.15, -0.1) is 0 Å². The second-order valence-electron chi connectivity index (χ2n) is 8.11. The van der Waals surface area contributed by atoms with Crippen LogP contribution in [-0.2, 0) is 5.60 Å². The summed E-state index contributed by atoms with van der Waals surface area (Å²) in [7, 11) is 0. The Bertz CT molecular complexity index is 1510. The van der Waals surface area contributed by atoms with E-state index in [2.05, 4.69) is 35.5 Å². The smallest absolute Gasteiger partial charge is 0.171 e. The van der Waals surface area contributed by atoms with Crippen LogP contribution in [0.4, 0.5) is 20.3 Å². The zero-order valence-electron chi connectivity index (χ0n) is 18.6. The highest BCUT2D eigenvalue weighted by Crippen LogP contribution is 2.39. The van der Waals surface area contributed by atoms with Gasteiger partial charge in [-0.3, -0.25) is 5.10 Å². The molecule has 0 atom stereocenters. The van der Waals surface area contributed by atoms with E-state index in [1.807, 2.05) is 19.9 Å². The number of hydrogen-bond acceptors (Lipinski definition) is 7. The normalized spacial score (nSPS) is 11.6. The fraction of sp³-hybridized carbons (Fsp3) is 0.125. The number of nitrogens with one attached hydrogen (secondary N) is 2. The number of nitrogens with zero attached hydrogens (tertiary/aromatic N) is 5. The molecular formula is C24H18ClF2N7O. The van der Waals surface area contributed by atoms with Crippen LogP contribution in [0.1, 0.15) is 19.7 Å². The lowest BCUT2D eigenvalue weighted by Crippen LogP contribution is -2.28. The van der Waals surface area contributed by atoms with E-state index in [0.717, 1.165) is 17.2 Å². The van der Waals surface area contributed by atoms with E-state index in [1.54, 1.807) is 36.9 Å². The van der Waals surface area contributed by atoms with Crippen molar-refractivity contribution in [2.45, 2.75) is 19.4 Å². The number of rotatable bonds is 6. The number of benzene rings is 2. The highest BCUT2D eigenvalue weighted by molar-refractivity contribution is 6.31. The Balaban J connectivity index is 1.68. The van der Waals surface area contributed by atoms with Gasteiger partial charge in [0.05, 0.1) is 22.8 Å². The van der Waals surface area contributed by atoms with Crippen molar-refractivity contribution in [1.29, 1.82) is 0 Å². The van der Waals surface area contributed by atoms with Crippen molar-refractivity contribution in [2.75, 3.05) is 5.32 Å². The molecule has 5 rings (SSSR count). The number of H-pyrrole nitrogens is 1. The van der Waals surface area contributed by atoms with Gasteiger partial charge in [0.2, 0.25) is 0 Å². The van der Waals surface area contributed by atoms with Gasteiger partial charge >= 0.3 is 0 Å². The molecule has 5 aromatic rings. The maximum Gasteiger partial charge on any atom is 0.171 e. The number of aromatic nitrogens is 6. The van der Waals surface area contributed by atoms with Gasteiger partial charge in [-0.05, 0) is 49.7 Å². The van der Waals surface area contributed by atoms with Crippen LogP contribution in [0.25, 0.3) is 22.0 Å². The van der Waals surface area contributed by atoms with Gasteiger partial charge in [-0.25, -0.2) is 28.7 Å². The molecule has 176 valence electrons. The first kappa shape index (κ1) is 22.6. The molecule has 11 heteroatoms. The molecule has 3 heterocycles. The van der Waals surface area contributed by atoms with Crippen molar-refractivity contribution in [2.24, 2.45) is 0 Å². The van der Waals surface area contributed by atoms with Crippen molar-refractivity contribution >= 4 is 34.0 Å². The predicted octanol–water partition coefficient (Wildman–Crippen LogP) is 5.80. The lowest BCUT2D eigenvalue weighted by molar-refractivity contribution is 0.101. The Morgan fingerprint density at radius 1 is 1.03 bits per heavy atom. The highest BCUT2D eigenvalue weighted by Gasteiger charge is 2.28. The molecule has 0 saturated carbocycles. The maximum absolute atomic E-state index is 14.7. The lowest BCUT2D eigenvalue weighted by Gasteiger charge is -2.26. The first-order valence-corrected chi connectivity index (χ1v) is 10.9. The van der Waals surface area contributed by atoms with Crippen molar-refractivity contribution in [3.8, 4) is 16.9 Å². The molecule has 3 aromatic heterocycles. The molecule has 0 aliphatic carbocycles. The summed E-state index contributed by atoms with van der Waals surface area (Å²) in [4.78, 5) is 17.3. The third kappa shape index (κ3) is 4.35. The Hall–Kier alpha value is -4.18. The third-order valence-corrected chi connectivity index (χ3v) is 5.64. The minimum atomic E-state index is -0.944. The quantitative estimate of drug-likeness (QED) is 0.288. The molecule has 0 aliphatic heterocycles. The molecule has 0 amide bonds. The van der Waals surface area contributed by atoms with Crippen LogP contribution in [0, 0.1) is 11.6 Å². The summed E-state index contributed by atoms with van der Waals surface area (Å²) in [5.74, 6) is -0.692. The zero-order chi connectivity index (χ0) is 24.6. The first-order valence-electron chi connectivity index (χ1n) is 10.5. The number of hydrogen-bond donors (Lipinski definition) is 2. The average molecular weight is 494 g/mol. The molecule has 0 radical (unpaired) electrons. The summed E-state index contributed by atoms with van der Waals surface area (Å²) < 4.78 is 34.8. The van der Waals surface area contributed by atoms with Crippen LogP contribution in [0.2, 0.25) is 5.02 Å². The minimum Gasteiger partial charge on any atom is -0.479 e. The van der Waals surface area contributed by atoms with Crippen molar-refractivity contribution < 1.29 is 13.5 Å². The van der Waals surface area contributed by atoms with Crippen LogP contribution in [-0.4, -0.2) is 30.1 Å². The van der Waals surface area contributed by atoms with Gasteiger partial charge in [-0.1, -0.05) is 11.6 Å². The fourth-order valence-corrected chi connectivity index (χ4v) is 3.75. The zero-order valence-corrected chi connectivity index (χ0v) is 19.3. The van der Waals surface area contributed by atoms with Gasteiger partial charge < -0.3 is 10.1 Å².